The number of nitriles is 1. The normalized spacial score (nSPS) is 10.2. The molecular formula is C16H15BrN4O2S2. The number of carbonyl (C=O) groups excluding carboxylic acids is 1. The Bertz CT molecular complexity index is 794. The molecule has 0 saturated heterocycles. The zero-order valence-corrected chi connectivity index (χ0v) is 16.8. The zero-order valence-electron chi connectivity index (χ0n) is 13.6. The number of aromatic nitrogens is 2. The minimum atomic E-state index is -0.344. The minimum absolute atomic E-state index is 0.0884. The molecule has 1 aromatic carbocycles. The molecule has 9 heteroatoms. The van der Waals surface area contributed by atoms with Crippen molar-refractivity contribution in [2.75, 3.05) is 23.9 Å². The van der Waals surface area contributed by atoms with Crippen LogP contribution in [-0.2, 0) is 9.53 Å². The topological polar surface area (TPSA) is 87.9 Å². The van der Waals surface area contributed by atoms with Crippen LogP contribution in [0.15, 0.2) is 38.9 Å². The second kappa shape index (κ2) is 9.65. The summed E-state index contributed by atoms with van der Waals surface area (Å²) in [5.41, 5.74) is 1.10. The summed E-state index contributed by atoms with van der Waals surface area (Å²) in [6, 6.07) is 9.65. The van der Waals surface area contributed by atoms with Crippen LogP contribution >= 0.6 is 39.5 Å². The number of nitrogens with one attached hydrogen (secondary N) is 1. The molecule has 25 heavy (non-hydrogen) atoms. The minimum Gasteiger partial charge on any atom is -0.465 e. The molecule has 1 heterocycles. The molecule has 0 aliphatic carbocycles. The molecule has 0 atom stereocenters. The second-order valence-electron chi connectivity index (χ2n) is 4.58. The summed E-state index contributed by atoms with van der Waals surface area (Å²) in [5.74, 6) is 0.157. The molecule has 0 spiro atoms. The van der Waals surface area contributed by atoms with Gasteiger partial charge in [-0.2, -0.15) is 5.26 Å². The van der Waals surface area contributed by atoms with Gasteiger partial charge in [0, 0.05) is 10.2 Å². The fourth-order valence-corrected chi connectivity index (χ4v) is 3.27. The van der Waals surface area contributed by atoms with Gasteiger partial charge in [-0.25, -0.2) is 9.97 Å². The molecular weight excluding hydrogens is 424 g/mol. The van der Waals surface area contributed by atoms with Crippen LogP contribution in [0.5, 0.6) is 0 Å². The third-order valence-corrected chi connectivity index (χ3v) is 4.91. The number of esters is 1. The lowest BCUT2D eigenvalue weighted by Crippen LogP contribution is -2.08. The van der Waals surface area contributed by atoms with Crippen LogP contribution in [0.2, 0.25) is 0 Å². The molecule has 0 unspecified atom stereocenters. The van der Waals surface area contributed by atoms with Crippen LogP contribution in [0.4, 0.5) is 11.5 Å². The Morgan fingerprint density at radius 1 is 1.36 bits per heavy atom. The van der Waals surface area contributed by atoms with E-state index in [4.69, 9.17) is 4.74 Å². The molecule has 2 aromatic rings. The van der Waals surface area contributed by atoms with Gasteiger partial charge in [-0.1, -0.05) is 39.5 Å². The van der Waals surface area contributed by atoms with Crippen LogP contribution in [0.1, 0.15) is 12.5 Å². The summed E-state index contributed by atoms with van der Waals surface area (Å²) in [7, 11) is 0. The summed E-state index contributed by atoms with van der Waals surface area (Å²) in [6.07, 6.45) is 1.85. The Labute approximate surface area is 162 Å². The maximum Gasteiger partial charge on any atom is 0.316 e. The highest BCUT2D eigenvalue weighted by molar-refractivity contribution is 9.10. The number of benzene rings is 1. The SMILES string of the molecule is CCOC(=O)CSc1nc(SC)nc(Nc2ccc(Br)cc2)c1C#N. The molecule has 1 N–H and O–H groups in total. The van der Waals surface area contributed by atoms with Crippen molar-refractivity contribution in [3.8, 4) is 6.07 Å². The van der Waals surface area contributed by atoms with Crippen molar-refractivity contribution in [2.24, 2.45) is 0 Å². The molecule has 0 aliphatic rings. The van der Waals surface area contributed by atoms with E-state index >= 15 is 0 Å². The van der Waals surface area contributed by atoms with Gasteiger partial charge < -0.3 is 10.1 Å². The van der Waals surface area contributed by atoms with E-state index < -0.39 is 0 Å². The van der Waals surface area contributed by atoms with Gasteiger partial charge in [0.15, 0.2) is 11.0 Å². The lowest BCUT2D eigenvalue weighted by Gasteiger charge is -2.11. The molecule has 6 nitrogen and oxygen atoms in total. The van der Waals surface area contributed by atoms with E-state index in [1.54, 1.807) is 6.92 Å². The lowest BCUT2D eigenvalue weighted by molar-refractivity contribution is -0.139. The number of hydrogen-bond acceptors (Lipinski definition) is 8. The van der Waals surface area contributed by atoms with Gasteiger partial charge in [0.05, 0.1) is 12.4 Å². The average molecular weight is 439 g/mol. The van der Waals surface area contributed by atoms with Crippen molar-refractivity contribution >= 4 is 56.9 Å². The summed E-state index contributed by atoms with van der Waals surface area (Å²) in [5, 5.41) is 13.7. The summed E-state index contributed by atoms with van der Waals surface area (Å²) in [6.45, 7) is 2.07. The van der Waals surface area contributed by atoms with Gasteiger partial charge in [-0.05, 0) is 37.4 Å². The number of anilines is 2. The summed E-state index contributed by atoms with van der Waals surface area (Å²) in [4.78, 5) is 20.3. The number of carbonyl (C=O) groups is 1. The number of thioether (sulfide) groups is 2. The highest BCUT2D eigenvalue weighted by atomic mass is 79.9. The third kappa shape index (κ3) is 5.63. The third-order valence-electron chi connectivity index (χ3n) is 2.89. The van der Waals surface area contributed by atoms with E-state index in [0.29, 0.717) is 28.2 Å². The number of nitrogens with zero attached hydrogens (tertiary/aromatic N) is 3. The first-order valence-electron chi connectivity index (χ1n) is 7.24. The second-order valence-corrected chi connectivity index (χ2v) is 7.23. The van der Waals surface area contributed by atoms with E-state index in [9.17, 15) is 10.1 Å². The van der Waals surface area contributed by atoms with Gasteiger partial charge in [0.1, 0.15) is 16.7 Å². The van der Waals surface area contributed by atoms with Crippen molar-refractivity contribution in [1.29, 1.82) is 5.26 Å². The number of hydrogen-bond donors (Lipinski definition) is 1. The van der Waals surface area contributed by atoms with Crippen molar-refractivity contribution in [3.05, 3.63) is 34.3 Å². The standard InChI is InChI=1S/C16H15BrN4O2S2/c1-3-23-13(22)9-25-15-12(8-18)14(20-16(21-15)24-2)19-11-6-4-10(17)5-7-11/h4-7H,3,9H2,1-2H3,(H,19,20,21). The van der Waals surface area contributed by atoms with E-state index in [0.717, 1.165) is 10.2 Å². The summed E-state index contributed by atoms with van der Waals surface area (Å²) >= 11 is 5.92. The summed E-state index contributed by atoms with van der Waals surface area (Å²) < 4.78 is 5.87. The average Bonchev–Trinajstić information content (AvgIpc) is 2.61. The predicted octanol–water partition coefficient (Wildman–Crippen LogP) is 4.23. The smallest absolute Gasteiger partial charge is 0.316 e. The highest BCUT2D eigenvalue weighted by Crippen LogP contribution is 2.29. The molecule has 1 aromatic heterocycles. The van der Waals surface area contributed by atoms with Crippen molar-refractivity contribution in [1.82, 2.24) is 9.97 Å². The maximum atomic E-state index is 11.6. The van der Waals surface area contributed by atoms with Gasteiger partial charge in [-0.3, -0.25) is 4.79 Å². The molecule has 0 aliphatic heterocycles. The quantitative estimate of drug-likeness (QED) is 0.297. The molecule has 0 amide bonds. The van der Waals surface area contributed by atoms with Crippen LogP contribution in [0, 0.1) is 11.3 Å². The first-order valence-corrected chi connectivity index (χ1v) is 10.2. The maximum absolute atomic E-state index is 11.6. The van der Waals surface area contributed by atoms with Crippen LogP contribution in [0.25, 0.3) is 0 Å². The Kier molecular flexibility index (Phi) is 7.55. The largest absolute Gasteiger partial charge is 0.465 e. The Balaban J connectivity index is 2.31. The van der Waals surface area contributed by atoms with Crippen LogP contribution in [-0.4, -0.2) is 34.6 Å². The Morgan fingerprint density at radius 3 is 2.68 bits per heavy atom. The van der Waals surface area contributed by atoms with Gasteiger partial charge in [0.25, 0.3) is 0 Å². The molecule has 0 fully saturated rings. The van der Waals surface area contributed by atoms with Crippen molar-refractivity contribution in [2.45, 2.75) is 17.1 Å². The van der Waals surface area contributed by atoms with E-state index in [1.807, 2.05) is 30.5 Å². The molecule has 130 valence electrons. The van der Waals surface area contributed by atoms with Gasteiger partial charge in [-0.15, -0.1) is 0 Å². The highest BCUT2D eigenvalue weighted by Gasteiger charge is 2.16. The van der Waals surface area contributed by atoms with Gasteiger partial charge >= 0.3 is 5.97 Å². The van der Waals surface area contributed by atoms with Crippen LogP contribution in [0.3, 0.4) is 0 Å². The molecule has 0 radical (unpaired) electrons. The van der Waals surface area contributed by atoms with E-state index in [1.165, 1.54) is 23.5 Å². The molecule has 0 bridgehead atoms. The number of halogens is 1. The molecule has 0 saturated carbocycles. The zero-order chi connectivity index (χ0) is 18.2. The Hall–Kier alpha value is -1.76. The van der Waals surface area contributed by atoms with Crippen LogP contribution < -0.4 is 5.32 Å². The predicted molar refractivity (Wildman–Crippen MR) is 103 cm³/mol. The monoisotopic (exact) mass is 438 g/mol. The number of ether oxygens (including phenoxy) is 1. The van der Waals surface area contributed by atoms with Crippen molar-refractivity contribution in [3.63, 3.8) is 0 Å². The Morgan fingerprint density at radius 2 is 2.08 bits per heavy atom. The first kappa shape index (κ1) is 19.6. The molecule has 2 rings (SSSR count). The fraction of sp³-hybridized carbons (Fsp3) is 0.250. The number of rotatable bonds is 7. The van der Waals surface area contributed by atoms with Gasteiger partial charge in [0.2, 0.25) is 0 Å². The van der Waals surface area contributed by atoms with Crippen molar-refractivity contribution < 1.29 is 9.53 Å². The van der Waals surface area contributed by atoms with E-state index in [2.05, 4.69) is 37.3 Å². The van der Waals surface area contributed by atoms with E-state index in [-0.39, 0.29) is 11.7 Å². The fourth-order valence-electron chi connectivity index (χ4n) is 1.81. The lowest BCUT2D eigenvalue weighted by atomic mass is 10.3. The first-order chi connectivity index (χ1) is 12.1.